The Bertz CT molecular complexity index is 630. The van der Waals surface area contributed by atoms with E-state index in [-0.39, 0.29) is 0 Å². The Kier molecular flexibility index (Phi) is 3.59. The minimum absolute atomic E-state index is 0.610. The van der Waals surface area contributed by atoms with Gasteiger partial charge in [0.25, 0.3) is 0 Å². The number of hydrogen-bond donors (Lipinski definition) is 1. The number of rotatable bonds is 4. The second-order valence-electron chi connectivity index (χ2n) is 4.83. The molecule has 1 aliphatic carbocycles. The fourth-order valence-corrected chi connectivity index (χ4v) is 2.45. The Labute approximate surface area is 116 Å². The molecule has 102 valence electrons. The first-order chi connectivity index (χ1) is 9.86. The predicted molar refractivity (Wildman–Crippen MR) is 72.1 cm³/mol. The molecule has 1 aliphatic rings. The van der Waals surface area contributed by atoms with E-state index in [1.54, 1.807) is 0 Å². The smallest absolute Gasteiger partial charge is 0.213 e. The molecule has 0 aliphatic heterocycles. The minimum Gasteiger partial charge on any atom is -0.369 e. The van der Waals surface area contributed by atoms with Crippen molar-refractivity contribution in [3.63, 3.8) is 0 Å². The van der Waals surface area contributed by atoms with Crippen LogP contribution in [0.2, 0.25) is 0 Å². The van der Waals surface area contributed by atoms with E-state index in [0.717, 1.165) is 18.5 Å². The average Bonchev–Trinajstić information content (AvgIpc) is 3.00. The highest BCUT2D eigenvalue weighted by Crippen LogP contribution is 2.24. The van der Waals surface area contributed by atoms with Gasteiger partial charge in [-0.3, -0.25) is 0 Å². The van der Waals surface area contributed by atoms with Crippen LogP contribution in [0.15, 0.2) is 17.0 Å². The van der Waals surface area contributed by atoms with Crippen LogP contribution in [0.25, 0.3) is 0 Å². The molecule has 2 aromatic rings. The van der Waals surface area contributed by atoms with Crippen molar-refractivity contribution in [1.82, 2.24) is 15.1 Å². The summed E-state index contributed by atoms with van der Waals surface area (Å²) in [6, 6.07) is 4.19. The number of fused-ring (bicyclic) bond motifs is 1. The Hall–Kier alpha value is -2.42. The second kappa shape index (κ2) is 5.70. The highest BCUT2D eigenvalue weighted by molar-refractivity contribution is 5.54. The van der Waals surface area contributed by atoms with Crippen molar-refractivity contribution in [3.05, 3.63) is 35.1 Å². The molecule has 1 N–H and O–H groups in total. The van der Waals surface area contributed by atoms with Crippen LogP contribution in [-0.2, 0) is 19.3 Å². The van der Waals surface area contributed by atoms with Crippen molar-refractivity contribution < 1.29 is 4.52 Å². The lowest BCUT2D eigenvalue weighted by atomic mass is 9.95. The van der Waals surface area contributed by atoms with Crippen molar-refractivity contribution in [2.24, 2.45) is 0 Å². The van der Waals surface area contributed by atoms with E-state index in [0.29, 0.717) is 30.2 Å². The number of nitrogens with one attached hydrogen (secondary N) is 1. The van der Waals surface area contributed by atoms with Crippen molar-refractivity contribution in [2.45, 2.75) is 32.1 Å². The standard InChI is InChI=1S/C14H15N5O/c15-8-11-7-10-3-1-2-4-12(10)18-14(11)16-6-5-13-17-9-20-19-13/h7,9H,1-6H2,(H,16,18). The van der Waals surface area contributed by atoms with Crippen molar-refractivity contribution in [2.75, 3.05) is 11.9 Å². The third-order valence-electron chi connectivity index (χ3n) is 3.47. The van der Waals surface area contributed by atoms with Crippen LogP contribution >= 0.6 is 0 Å². The van der Waals surface area contributed by atoms with Gasteiger partial charge in [0.1, 0.15) is 11.9 Å². The van der Waals surface area contributed by atoms with Gasteiger partial charge >= 0.3 is 0 Å². The molecule has 0 bridgehead atoms. The number of anilines is 1. The van der Waals surface area contributed by atoms with E-state index in [9.17, 15) is 5.26 Å². The monoisotopic (exact) mass is 269 g/mol. The van der Waals surface area contributed by atoms with Crippen LogP contribution in [-0.4, -0.2) is 21.7 Å². The first kappa shape index (κ1) is 12.6. The predicted octanol–water partition coefficient (Wildman–Crippen LogP) is 1.87. The summed E-state index contributed by atoms with van der Waals surface area (Å²) in [6.07, 6.45) is 6.34. The molecule has 0 radical (unpaired) electrons. The van der Waals surface area contributed by atoms with Crippen molar-refractivity contribution >= 4 is 5.82 Å². The van der Waals surface area contributed by atoms with E-state index in [1.807, 2.05) is 6.07 Å². The number of nitriles is 1. The molecule has 0 saturated carbocycles. The summed E-state index contributed by atoms with van der Waals surface area (Å²) in [5, 5.41) is 16.2. The molecular weight excluding hydrogens is 254 g/mol. The molecule has 3 rings (SSSR count). The first-order valence-electron chi connectivity index (χ1n) is 6.79. The van der Waals surface area contributed by atoms with Gasteiger partial charge in [0.05, 0.1) is 5.56 Å². The molecule has 0 atom stereocenters. The molecule has 0 spiro atoms. The Morgan fingerprint density at radius 3 is 3.05 bits per heavy atom. The zero-order chi connectivity index (χ0) is 13.8. The van der Waals surface area contributed by atoms with E-state index < -0.39 is 0 Å². The number of aromatic nitrogens is 3. The molecule has 0 unspecified atom stereocenters. The lowest BCUT2D eigenvalue weighted by Crippen LogP contribution is -2.13. The maximum atomic E-state index is 9.23. The van der Waals surface area contributed by atoms with Gasteiger partial charge in [-0.15, -0.1) is 0 Å². The molecule has 20 heavy (non-hydrogen) atoms. The molecule has 0 fully saturated rings. The van der Waals surface area contributed by atoms with E-state index in [1.165, 1.54) is 24.8 Å². The minimum atomic E-state index is 0.610. The van der Waals surface area contributed by atoms with Crippen LogP contribution in [0.1, 0.15) is 35.5 Å². The van der Waals surface area contributed by atoms with Gasteiger partial charge in [0, 0.05) is 18.7 Å². The fraction of sp³-hybridized carbons (Fsp3) is 0.429. The largest absolute Gasteiger partial charge is 0.369 e. The topological polar surface area (TPSA) is 87.6 Å². The summed E-state index contributed by atoms with van der Waals surface area (Å²) in [6.45, 7) is 0.625. The number of aryl methyl sites for hydroxylation is 2. The van der Waals surface area contributed by atoms with E-state index in [2.05, 4.69) is 31.0 Å². The molecule has 0 saturated heterocycles. The summed E-state index contributed by atoms with van der Waals surface area (Å²) < 4.78 is 4.68. The average molecular weight is 269 g/mol. The lowest BCUT2D eigenvalue weighted by Gasteiger charge is -2.17. The highest BCUT2D eigenvalue weighted by Gasteiger charge is 2.14. The van der Waals surface area contributed by atoms with E-state index in [4.69, 9.17) is 0 Å². The molecule has 0 aromatic carbocycles. The van der Waals surface area contributed by atoms with Crippen molar-refractivity contribution in [3.8, 4) is 6.07 Å². The van der Waals surface area contributed by atoms with Gasteiger partial charge in [-0.1, -0.05) is 5.16 Å². The van der Waals surface area contributed by atoms with Crippen molar-refractivity contribution in [1.29, 1.82) is 5.26 Å². The number of nitrogens with zero attached hydrogens (tertiary/aromatic N) is 4. The molecular formula is C14H15N5O. The molecule has 2 heterocycles. The third-order valence-corrected chi connectivity index (χ3v) is 3.47. The van der Waals surface area contributed by atoms with Gasteiger partial charge < -0.3 is 9.84 Å². The van der Waals surface area contributed by atoms with Crippen LogP contribution < -0.4 is 5.32 Å². The second-order valence-corrected chi connectivity index (χ2v) is 4.83. The Morgan fingerprint density at radius 2 is 2.25 bits per heavy atom. The zero-order valence-electron chi connectivity index (χ0n) is 11.1. The highest BCUT2D eigenvalue weighted by atomic mass is 16.5. The molecule has 6 nitrogen and oxygen atoms in total. The van der Waals surface area contributed by atoms with E-state index >= 15 is 0 Å². The maximum absolute atomic E-state index is 9.23. The summed E-state index contributed by atoms with van der Waals surface area (Å²) >= 11 is 0. The van der Waals surface area contributed by atoms with Gasteiger partial charge in [-0.25, -0.2) is 4.98 Å². The molecule has 0 amide bonds. The van der Waals surface area contributed by atoms with Gasteiger partial charge in [0.15, 0.2) is 5.82 Å². The van der Waals surface area contributed by atoms with Crippen LogP contribution in [0.3, 0.4) is 0 Å². The van der Waals surface area contributed by atoms with Gasteiger partial charge in [-0.2, -0.15) is 10.2 Å². The van der Waals surface area contributed by atoms with Gasteiger partial charge in [-0.05, 0) is 37.3 Å². The summed E-state index contributed by atoms with van der Waals surface area (Å²) in [4.78, 5) is 8.56. The van der Waals surface area contributed by atoms with Crippen LogP contribution in [0.4, 0.5) is 5.82 Å². The quantitative estimate of drug-likeness (QED) is 0.911. The number of pyridine rings is 1. The number of hydrogen-bond acceptors (Lipinski definition) is 6. The summed E-state index contributed by atoms with van der Waals surface area (Å²) in [7, 11) is 0. The Morgan fingerprint density at radius 1 is 1.35 bits per heavy atom. The van der Waals surface area contributed by atoms with Crippen LogP contribution in [0.5, 0.6) is 0 Å². The summed E-state index contributed by atoms with van der Waals surface area (Å²) in [5.41, 5.74) is 2.95. The first-order valence-corrected chi connectivity index (χ1v) is 6.79. The fourth-order valence-electron chi connectivity index (χ4n) is 2.45. The molecule has 2 aromatic heterocycles. The third kappa shape index (κ3) is 2.62. The Balaban J connectivity index is 1.73. The lowest BCUT2D eigenvalue weighted by molar-refractivity contribution is 0.410. The zero-order valence-corrected chi connectivity index (χ0v) is 11.1. The summed E-state index contributed by atoms with van der Waals surface area (Å²) in [5.74, 6) is 1.31. The molecule has 6 heteroatoms. The SMILES string of the molecule is N#Cc1cc2c(nc1NCCc1ncon1)CCCC2. The van der Waals surface area contributed by atoms with Gasteiger partial charge in [0.2, 0.25) is 6.39 Å². The maximum Gasteiger partial charge on any atom is 0.213 e. The van der Waals surface area contributed by atoms with Crippen LogP contribution in [0, 0.1) is 11.3 Å². The normalized spacial score (nSPS) is 13.6.